The number of carbonyl (C=O) groups excluding carboxylic acids is 1. The molecule has 0 radical (unpaired) electrons. The third kappa shape index (κ3) is 4.44. The van der Waals surface area contributed by atoms with Crippen LogP contribution in [0.2, 0.25) is 0 Å². The van der Waals surface area contributed by atoms with E-state index in [0.717, 1.165) is 12.8 Å². The van der Waals surface area contributed by atoms with Crippen LogP contribution in [0.3, 0.4) is 0 Å². The molecule has 1 aliphatic rings. The lowest BCUT2D eigenvalue weighted by molar-refractivity contribution is -0.138. The average molecular weight is 296 g/mol. The summed E-state index contributed by atoms with van der Waals surface area (Å²) in [7, 11) is 0. The summed E-state index contributed by atoms with van der Waals surface area (Å²) in [5.74, 6) is 0.134. The van der Waals surface area contributed by atoms with Crippen LogP contribution in [-0.4, -0.2) is 39.3 Å². The van der Waals surface area contributed by atoms with Gasteiger partial charge in [-0.2, -0.15) is 4.98 Å². The van der Waals surface area contributed by atoms with E-state index in [9.17, 15) is 9.59 Å². The Kier molecular flexibility index (Phi) is 4.77. The zero-order valence-electron chi connectivity index (χ0n) is 12.0. The number of aryl methyl sites for hydroxylation is 1. The Labute approximate surface area is 122 Å². The lowest BCUT2D eigenvalue weighted by Crippen LogP contribution is -2.51. The molecule has 21 heavy (non-hydrogen) atoms. The smallest absolute Gasteiger partial charge is 0.315 e. The number of nitrogens with one attached hydrogen (secondary N) is 2. The van der Waals surface area contributed by atoms with Crippen LogP contribution in [0.5, 0.6) is 0 Å². The first-order chi connectivity index (χ1) is 9.99. The Hall–Kier alpha value is -2.12. The minimum atomic E-state index is -0.889. The average Bonchev–Trinajstić information content (AvgIpc) is 2.98. The Morgan fingerprint density at radius 2 is 2.10 bits per heavy atom. The van der Waals surface area contributed by atoms with Gasteiger partial charge >= 0.3 is 12.0 Å². The normalized spacial score (nSPS) is 16.6. The Morgan fingerprint density at radius 3 is 2.67 bits per heavy atom. The van der Waals surface area contributed by atoms with Crippen molar-refractivity contribution in [3.8, 4) is 0 Å². The van der Waals surface area contributed by atoms with Crippen LogP contribution in [0.15, 0.2) is 4.52 Å². The van der Waals surface area contributed by atoms with E-state index in [1.165, 1.54) is 0 Å². The SMILES string of the molecule is Cc1nc(CCNC(=O)NC2(CC(=O)O)CCCC2)no1. The van der Waals surface area contributed by atoms with Crippen molar-refractivity contribution >= 4 is 12.0 Å². The number of nitrogens with zero attached hydrogens (tertiary/aromatic N) is 2. The number of urea groups is 1. The molecular formula is C13H20N4O4. The monoisotopic (exact) mass is 296 g/mol. The Bertz CT molecular complexity index is 508. The molecule has 0 bridgehead atoms. The molecular weight excluding hydrogens is 276 g/mol. The number of aromatic nitrogens is 2. The highest BCUT2D eigenvalue weighted by atomic mass is 16.5. The summed E-state index contributed by atoms with van der Waals surface area (Å²) in [5.41, 5.74) is -0.612. The predicted molar refractivity (Wildman–Crippen MR) is 72.7 cm³/mol. The topological polar surface area (TPSA) is 117 Å². The Morgan fingerprint density at radius 1 is 1.38 bits per heavy atom. The summed E-state index contributed by atoms with van der Waals surface area (Å²) in [6.45, 7) is 2.07. The number of carbonyl (C=O) groups is 2. The summed E-state index contributed by atoms with van der Waals surface area (Å²) < 4.78 is 4.83. The van der Waals surface area contributed by atoms with Crippen LogP contribution in [-0.2, 0) is 11.2 Å². The van der Waals surface area contributed by atoms with Crippen LogP contribution in [0.1, 0.15) is 43.8 Å². The van der Waals surface area contributed by atoms with Gasteiger partial charge in [0.15, 0.2) is 5.82 Å². The Balaban J connectivity index is 1.78. The molecule has 0 unspecified atom stereocenters. The zero-order valence-corrected chi connectivity index (χ0v) is 12.0. The van der Waals surface area contributed by atoms with E-state index in [-0.39, 0.29) is 12.5 Å². The molecule has 116 valence electrons. The molecule has 2 rings (SSSR count). The van der Waals surface area contributed by atoms with Crippen molar-refractivity contribution in [2.75, 3.05) is 6.54 Å². The van der Waals surface area contributed by atoms with E-state index < -0.39 is 11.5 Å². The lowest BCUT2D eigenvalue weighted by Gasteiger charge is -2.28. The molecule has 1 aromatic rings. The summed E-state index contributed by atoms with van der Waals surface area (Å²) in [4.78, 5) is 26.9. The highest BCUT2D eigenvalue weighted by Gasteiger charge is 2.37. The highest BCUT2D eigenvalue weighted by Crippen LogP contribution is 2.32. The van der Waals surface area contributed by atoms with Gasteiger partial charge in [-0.3, -0.25) is 4.79 Å². The van der Waals surface area contributed by atoms with Crippen LogP contribution in [0, 0.1) is 6.92 Å². The number of aliphatic carboxylic acids is 1. The van der Waals surface area contributed by atoms with Crippen molar-refractivity contribution in [3.63, 3.8) is 0 Å². The second kappa shape index (κ2) is 6.55. The molecule has 0 aromatic carbocycles. The molecule has 0 saturated heterocycles. The van der Waals surface area contributed by atoms with E-state index in [4.69, 9.17) is 9.63 Å². The van der Waals surface area contributed by atoms with Gasteiger partial charge in [0.1, 0.15) is 0 Å². The highest BCUT2D eigenvalue weighted by molar-refractivity contribution is 5.76. The van der Waals surface area contributed by atoms with Gasteiger partial charge in [-0.15, -0.1) is 0 Å². The van der Waals surface area contributed by atoms with Crippen LogP contribution >= 0.6 is 0 Å². The molecule has 1 fully saturated rings. The van der Waals surface area contributed by atoms with Gasteiger partial charge in [0.25, 0.3) is 0 Å². The predicted octanol–water partition coefficient (Wildman–Crippen LogP) is 1.01. The molecule has 3 N–H and O–H groups in total. The maximum absolute atomic E-state index is 11.9. The molecule has 1 heterocycles. The number of carboxylic acid groups (broad SMARTS) is 1. The summed E-state index contributed by atoms with van der Waals surface area (Å²) >= 11 is 0. The number of hydrogen-bond acceptors (Lipinski definition) is 5. The molecule has 0 atom stereocenters. The second-order valence-corrected chi connectivity index (χ2v) is 5.42. The van der Waals surface area contributed by atoms with E-state index >= 15 is 0 Å². The van der Waals surface area contributed by atoms with Gasteiger partial charge in [-0.25, -0.2) is 4.79 Å². The standard InChI is InChI=1S/C13H20N4O4/c1-9-15-10(17-21-9)4-7-14-12(20)16-13(8-11(18)19)5-2-3-6-13/h2-8H2,1H3,(H,18,19)(H2,14,16,20). The van der Waals surface area contributed by atoms with E-state index in [2.05, 4.69) is 20.8 Å². The van der Waals surface area contributed by atoms with Crippen molar-refractivity contribution in [2.45, 2.75) is 51.0 Å². The first-order valence-electron chi connectivity index (χ1n) is 7.06. The molecule has 0 aliphatic heterocycles. The van der Waals surface area contributed by atoms with Gasteiger partial charge in [-0.05, 0) is 12.8 Å². The van der Waals surface area contributed by atoms with Gasteiger partial charge in [-0.1, -0.05) is 18.0 Å². The molecule has 2 amide bonds. The van der Waals surface area contributed by atoms with Crippen molar-refractivity contribution in [1.29, 1.82) is 0 Å². The fraction of sp³-hybridized carbons (Fsp3) is 0.692. The summed E-state index contributed by atoms with van der Waals surface area (Å²) in [6.07, 6.45) is 3.72. The first-order valence-corrected chi connectivity index (χ1v) is 7.06. The minimum Gasteiger partial charge on any atom is -0.481 e. The zero-order chi connectivity index (χ0) is 15.3. The maximum atomic E-state index is 11.9. The van der Waals surface area contributed by atoms with Gasteiger partial charge in [0.05, 0.1) is 12.0 Å². The van der Waals surface area contributed by atoms with E-state index in [1.54, 1.807) is 6.92 Å². The van der Waals surface area contributed by atoms with Crippen molar-refractivity contribution in [1.82, 2.24) is 20.8 Å². The molecule has 1 saturated carbocycles. The van der Waals surface area contributed by atoms with E-state index in [0.29, 0.717) is 37.5 Å². The second-order valence-electron chi connectivity index (χ2n) is 5.42. The molecule has 8 heteroatoms. The lowest BCUT2D eigenvalue weighted by atomic mass is 9.93. The van der Waals surface area contributed by atoms with Gasteiger partial charge in [0.2, 0.25) is 5.89 Å². The van der Waals surface area contributed by atoms with Crippen molar-refractivity contribution in [2.24, 2.45) is 0 Å². The number of amides is 2. The third-order valence-electron chi connectivity index (χ3n) is 3.63. The molecule has 0 spiro atoms. The van der Waals surface area contributed by atoms with Crippen LogP contribution < -0.4 is 10.6 Å². The van der Waals surface area contributed by atoms with Gasteiger partial charge in [0, 0.05) is 19.9 Å². The summed E-state index contributed by atoms with van der Waals surface area (Å²) in [5, 5.41) is 18.2. The first kappa shape index (κ1) is 15.3. The quantitative estimate of drug-likeness (QED) is 0.721. The fourth-order valence-corrected chi connectivity index (χ4v) is 2.70. The van der Waals surface area contributed by atoms with Gasteiger partial charge < -0.3 is 20.3 Å². The number of hydrogen-bond donors (Lipinski definition) is 3. The maximum Gasteiger partial charge on any atom is 0.315 e. The van der Waals surface area contributed by atoms with Crippen molar-refractivity contribution in [3.05, 3.63) is 11.7 Å². The third-order valence-corrected chi connectivity index (χ3v) is 3.63. The van der Waals surface area contributed by atoms with Crippen LogP contribution in [0.25, 0.3) is 0 Å². The minimum absolute atomic E-state index is 0.0372. The molecule has 8 nitrogen and oxygen atoms in total. The van der Waals surface area contributed by atoms with E-state index in [1.807, 2.05) is 0 Å². The fourth-order valence-electron chi connectivity index (χ4n) is 2.70. The largest absolute Gasteiger partial charge is 0.481 e. The molecule has 1 aliphatic carbocycles. The van der Waals surface area contributed by atoms with Crippen molar-refractivity contribution < 1.29 is 19.2 Å². The number of carboxylic acids is 1. The van der Waals surface area contributed by atoms with Crippen LogP contribution in [0.4, 0.5) is 4.79 Å². The summed E-state index contributed by atoms with van der Waals surface area (Å²) in [6, 6.07) is -0.349. The molecule has 1 aromatic heterocycles. The number of rotatable bonds is 6.